The predicted octanol–water partition coefficient (Wildman–Crippen LogP) is 4.50. The summed E-state index contributed by atoms with van der Waals surface area (Å²) in [6, 6.07) is 2.56. The minimum atomic E-state index is -0.322. The van der Waals surface area contributed by atoms with Crippen molar-refractivity contribution in [2.75, 3.05) is 7.05 Å². The summed E-state index contributed by atoms with van der Waals surface area (Å²) >= 11 is 0. The van der Waals surface area contributed by atoms with E-state index in [4.69, 9.17) is 0 Å². The second-order valence-corrected chi connectivity index (χ2v) is 5.69. The van der Waals surface area contributed by atoms with E-state index in [1.807, 2.05) is 7.05 Å². The maximum Gasteiger partial charge on any atom is 0.128 e. The summed E-state index contributed by atoms with van der Waals surface area (Å²) in [5, 5.41) is 3.12. The Balaban J connectivity index is 2.05. The van der Waals surface area contributed by atoms with Crippen molar-refractivity contribution in [1.29, 1.82) is 0 Å². The Hall–Kier alpha value is -0.960. The van der Waals surface area contributed by atoms with Crippen LogP contribution in [0.25, 0.3) is 0 Å². The number of aryl methyl sites for hydroxylation is 1. The van der Waals surface area contributed by atoms with Gasteiger partial charge in [-0.25, -0.2) is 8.78 Å². The molecule has 0 aliphatic heterocycles. The summed E-state index contributed by atoms with van der Waals surface area (Å²) in [7, 11) is 1.82. The molecular weight excluding hydrogens is 244 g/mol. The molecule has 0 aromatic heterocycles. The van der Waals surface area contributed by atoms with Gasteiger partial charge in [0, 0.05) is 11.6 Å². The Kier molecular flexibility index (Phi) is 4.92. The fraction of sp³-hybridized carbons (Fsp3) is 0.625. The largest absolute Gasteiger partial charge is 0.313 e. The van der Waals surface area contributed by atoms with Gasteiger partial charge < -0.3 is 5.32 Å². The van der Waals surface area contributed by atoms with Gasteiger partial charge in [0.25, 0.3) is 0 Å². The van der Waals surface area contributed by atoms with E-state index in [9.17, 15) is 8.78 Å². The highest BCUT2D eigenvalue weighted by Crippen LogP contribution is 2.32. The van der Waals surface area contributed by atoms with Crippen molar-refractivity contribution in [3.8, 4) is 0 Å². The first-order valence-electron chi connectivity index (χ1n) is 7.24. The number of benzene rings is 1. The lowest BCUT2D eigenvalue weighted by atomic mass is 9.94. The summed E-state index contributed by atoms with van der Waals surface area (Å²) < 4.78 is 27.6. The van der Waals surface area contributed by atoms with E-state index in [1.54, 1.807) is 6.92 Å². The van der Waals surface area contributed by atoms with Gasteiger partial charge in [0.2, 0.25) is 0 Å². The van der Waals surface area contributed by atoms with E-state index in [-0.39, 0.29) is 17.7 Å². The summed E-state index contributed by atoms with van der Waals surface area (Å²) in [5.41, 5.74) is 0.829. The molecule has 1 aliphatic carbocycles. The molecular formula is C16H23F2N. The first-order chi connectivity index (χ1) is 9.11. The number of halogens is 2. The molecule has 106 valence electrons. The number of rotatable bonds is 5. The van der Waals surface area contributed by atoms with Crippen molar-refractivity contribution in [2.45, 2.75) is 51.5 Å². The van der Waals surface area contributed by atoms with Gasteiger partial charge in [-0.05, 0) is 50.4 Å². The topological polar surface area (TPSA) is 12.0 Å². The third-order valence-electron chi connectivity index (χ3n) is 4.34. The Bertz CT molecular complexity index is 425. The van der Waals surface area contributed by atoms with Crippen LogP contribution >= 0.6 is 0 Å². The van der Waals surface area contributed by atoms with E-state index in [0.29, 0.717) is 11.1 Å². The zero-order valence-electron chi connectivity index (χ0n) is 11.8. The average Bonchev–Trinajstić information content (AvgIpc) is 2.89. The number of nitrogens with one attached hydrogen (secondary N) is 1. The molecule has 1 aromatic carbocycles. The van der Waals surface area contributed by atoms with Crippen LogP contribution in [-0.2, 0) is 0 Å². The fourth-order valence-corrected chi connectivity index (χ4v) is 3.09. The standard InChI is InChI=1S/C16H23F2N/c1-11-9-15(18)13(10-14(11)17)16(19-2)8-7-12-5-3-4-6-12/h9-10,12,16,19H,3-8H2,1-2H3. The molecule has 1 unspecified atom stereocenters. The van der Waals surface area contributed by atoms with Gasteiger partial charge in [-0.3, -0.25) is 0 Å². The van der Waals surface area contributed by atoms with E-state index < -0.39 is 0 Å². The van der Waals surface area contributed by atoms with E-state index in [1.165, 1.54) is 37.8 Å². The first kappa shape index (κ1) is 14.4. The lowest BCUT2D eigenvalue weighted by Gasteiger charge is -2.20. The summed E-state index contributed by atoms with van der Waals surface area (Å²) in [6.07, 6.45) is 7.20. The van der Waals surface area contributed by atoms with E-state index in [2.05, 4.69) is 5.32 Å². The summed E-state index contributed by atoms with van der Waals surface area (Å²) in [4.78, 5) is 0. The summed E-state index contributed by atoms with van der Waals surface area (Å²) in [5.74, 6) is 0.149. The lowest BCUT2D eigenvalue weighted by molar-refractivity contribution is 0.416. The molecule has 0 radical (unpaired) electrons. The predicted molar refractivity (Wildman–Crippen MR) is 74.1 cm³/mol. The molecule has 0 spiro atoms. The molecule has 1 N–H and O–H groups in total. The van der Waals surface area contributed by atoms with Gasteiger partial charge >= 0.3 is 0 Å². The monoisotopic (exact) mass is 267 g/mol. The lowest BCUT2D eigenvalue weighted by Crippen LogP contribution is -2.19. The zero-order valence-corrected chi connectivity index (χ0v) is 11.8. The molecule has 2 rings (SSSR count). The number of hydrogen-bond donors (Lipinski definition) is 1. The van der Waals surface area contributed by atoms with Gasteiger partial charge in [0.1, 0.15) is 11.6 Å². The van der Waals surface area contributed by atoms with Crippen LogP contribution in [-0.4, -0.2) is 7.05 Å². The molecule has 1 atom stereocenters. The van der Waals surface area contributed by atoms with Crippen LogP contribution < -0.4 is 5.32 Å². The van der Waals surface area contributed by atoms with Crippen LogP contribution in [0.2, 0.25) is 0 Å². The van der Waals surface area contributed by atoms with Crippen LogP contribution in [0.1, 0.15) is 55.7 Å². The van der Waals surface area contributed by atoms with Crippen molar-refractivity contribution in [2.24, 2.45) is 5.92 Å². The normalized spacial score (nSPS) is 17.9. The Labute approximate surface area is 114 Å². The average molecular weight is 267 g/mol. The molecule has 1 nitrogen and oxygen atoms in total. The van der Waals surface area contributed by atoms with Crippen molar-refractivity contribution in [3.63, 3.8) is 0 Å². The highest BCUT2D eigenvalue weighted by atomic mass is 19.1. The summed E-state index contributed by atoms with van der Waals surface area (Å²) in [6.45, 7) is 1.59. The molecule has 1 saturated carbocycles. The third kappa shape index (κ3) is 3.53. The highest BCUT2D eigenvalue weighted by molar-refractivity contribution is 5.27. The first-order valence-corrected chi connectivity index (χ1v) is 7.24. The van der Waals surface area contributed by atoms with E-state index >= 15 is 0 Å². The van der Waals surface area contributed by atoms with Gasteiger partial charge in [-0.2, -0.15) is 0 Å². The highest BCUT2D eigenvalue weighted by Gasteiger charge is 2.20. The second-order valence-electron chi connectivity index (χ2n) is 5.69. The van der Waals surface area contributed by atoms with Gasteiger partial charge in [0.15, 0.2) is 0 Å². The molecule has 1 aromatic rings. The van der Waals surface area contributed by atoms with Crippen molar-refractivity contribution in [1.82, 2.24) is 5.32 Å². The van der Waals surface area contributed by atoms with Crippen LogP contribution in [0.4, 0.5) is 8.78 Å². The molecule has 0 heterocycles. The molecule has 0 bridgehead atoms. The van der Waals surface area contributed by atoms with Crippen LogP contribution in [0.5, 0.6) is 0 Å². The Morgan fingerprint density at radius 1 is 1.21 bits per heavy atom. The van der Waals surface area contributed by atoms with Crippen molar-refractivity contribution >= 4 is 0 Å². The second kappa shape index (κ2) is 6.47. The van der Waals surface area contributed by atoms with Crippen molar-refractivity contribution < 1.29 is 8.78 Å². The van der Waals surface area contributed by atoms with Crippen LogP contribution in [0.3, 0.4) is 0 Å². The van der Waals surface area contributed by atoms with Gasteiger partial charge in [-0.15, -0.1) is 0 Å². The smallest absolute Gasteiger partial charge is 0.128 e. The fourth-order valence-electron chi connectivity index (χ4n) is 3.09. The molecule has 1 fully saturated rings. The quantitative estimate of drug-likeness (QED) is 0.828. The zero-order chi connectivity index (χ0) is 13.8. The molecule has 19 heavy (non-hydrogen) atoms. The molecule has 0 amide bonds. The van der Waals surface area contributed by atoms with Gasteiger partial charge in [0.05, 0.1) is 0 Å². The van der Waals surface area contributed by atoms with E-state index in [0.717, 1.165) is 18.8 Å². The van der Waals surface area contributed by atoms with Crippen LogP contribution in [0, 0.1) is 24.5 Å². The Morgan fingerprint density at radius 2 is 1.89 bits per heavy atom. The van der Waals surface area contributed by atoms with Crippen molar-refractivity contribution in [3.05, 3.63) is 34.9 Å². The van der Waals surface area contributed by atoms with Crippen LogP contribution in [0.15, 0.2) is 12.1 Å². The minimum absolute atomic E-state index is 0.0873. The Morgan fingerprint density at radius 3 is 2.53 bits per heavy atom. The maximum absolute atomic E-state index is 14.0. The SMILES string of the molecule is CNC(CCC1CCCC1)c1cc(F)c(C)cc1F. The molecule has 3 heteroatoms. The third-order valence-corrected chi connectivity index (χ3v) is 4.34. The molecule has 0 saturated heterocycles. The molecule has 1 aliphatic rings. The maximum atomic E-state index is 14.0. The minimum Gasteiger partial charge on any atom is -0.313 e. The van der Waals surface area contributed by atoms with Gasteiger partial charge in [-0.1, -0.05) is 25.7 Å². The number of hydrogen-bond acceptors (Lipinski definition) is 1.